The number of carbonyl (C=O) groups is 2. The number of ether oxygens (including phenoxy) is 1. The largest absolute Gasteiger partial charge is 0.467 e. The van der Waals surface area contributed by atoms with Crippen LogP contribution in [0, 0.1) is 38.0 Å². The SMILES string of the molecule is Cc1ccc(C23C[C@@H]4C[C@@H](CC(C(=O)OCC(=O)c5cc(C)n(Cc6ccco6)c5C)(C4)C2)C3)cc1. The number of aryl methyl sites for hydroxylation is 2. The number of aromatic nitrogens is 1. The molecule has 4 saturated carbocycles. The van der Waals surface area contributed by atoms with E-state index in [-0.39, 0.29) is 23.8 Å². The second kappa shape index (κ2) is 8.50. The molecule has 1 aromatic carbocycles. The summed E-state index contributed by atoms with van der Waals surface area (Å²) in [6, 6.07) is 14.6. The van der Waals surface area contributed by atoms with Gasteiger partial charge in [-0.15, -0.1) is 0 Å². The molecule has 2 unspecified atom stereocenters. The van der Waals surface area contributed by atoms with E-state index >= 15 is 0 Å². The topological polar surface area (TPSA) is 61.4 Å². The van der Waals surface area contributed by atoms with Crippen molar-refractivity contribution in [1.82, 2.24) is 4.57 Å². The van der Waals surface area contributed by atoms with Crippen LogP contribution in [0.3, 0.4) is 0 Å². The molecule has 188 valence electrons. The van der Waals surface area contributed by atoms with Crippen LogP contribution in [-0.2, 0) is 21.5 Å². The maximum absolute atomic E-state index is 13.6. The molecule has 0 saturated heterocycles. The summed E-state index contributed by atoms with van der Waals surface area (Å²) in [5.41, 5.74) is 4.73. The van der Waals surface area contributed by atoms with Gasteiger partial charge in [0.25, 0.3) is 0 Å². The average Bonchev–Trinajstić information content (AvgIpc) is 3.45. The molecule has 4 bridgehead atoms. The minimum absolute atomic E-state index is 0.0670. The first-order chi connectivity index (χ1) is 17.3. The summed E-state index contributed by atoms with van der Waals surface area (Å²) in [5, 5.41) is 0. The zero-order valence-corrected chi connectivity index (χ0v) is 21.5. The Balaban J connectivity index is 1.18. The number of nitrogens with zero attached hydrogens (tertiary/aromatic N) is 1. The van der Waals surface area contributed by atoms with Crippen LogP contribution in [0.4, 0.5) is 0 Å². The molecular weight excluding hydrogens is 450 g/mol. The number of rotatable bonds is 7. The number of carbonyl (C=O) groups excluding carboxylic acids is 2. The van der Waals surface area contributed by atoms with Crippen LogP contribution in [-0.4, -0.2) is 22.9 Å². The van der Waals surface area contributed by atoms with Crippen LogP contribution in [0.25, 0.3) is 0 Å². The molecule has 0 amide bonds. The van der Waals surface area contributed by atoms with Gasteiger partial charge in [-0.2, -0.15) is 0 Å². The summed E-state index contributed by atoms with van der Waals surface area (Å²) in [6.07, 6.45) is 7.88. The lowest BCUT2D eigenvalue weighted by molar-refractivity contribution is -0.172. The lowest BCUT2D eigenvalue weighted by Gasteiger charge is -2.61. The minimum Gasteiger partial charge on any atom is -0.467 e. The summed E-state index contributed by atoms with van der Waals surface area (Å²) in [5.74, 6) is 1.67. The molecular formula is C31H35NO4. The van der Waals surface area contributed by atoms with Gasteiger partial charge in [0.2, 0.25) is 5.78 Å². The molecule has 2 heterocycles. The quantitative estimate of drug-likeness (QED) is 0.290. The zero-order chi connectivity index (χ0) is 25.1. The maximum Gasteiger partial charge on any atom is 0.312 e. The summed E-state index contributed by atoms with van der Waals surface area (Å²) in [7, 11) is 0. The molecule has 0 radical (unpaired) electrons. The second-order valence-corrected chi connectivity index (χ2v) is 11.8. The third-order valence-electron chi connectivity index (χ3n) is 9.26. The summed E-state index contributed by atoms with van der Waals surface area (Å²) >= 11 is 0. The Labute approximate surface area is 212 Å². The molecule has 4 aliphatic rings. The standard InChI is InChI=1S/C31H35NO4/c1-20-6-8-25(9-7-20)30-13-23-12-24(14-30)16-31(15-23,19-30)29(34)36-18-28(33)27-11-21(2)32(22(27)3)17-26-5-4-10-35-26/h4-11,23-24H,12-19H2,1-3H3/t23-,24+,30?,31?. The average molecular weight is 486 g/mol. The highest BCUT2D eigenvalue weighted by atomic mass is 16.5. The lowest BCUT2D eigenvalue weighted by Crippen LogP contribution is -2.57. The maximum atomic E-state index is 13.6. The zero-order valence-electron chi connectivity index (χ0n) is 21.5. The van der Waals surface area contributed by atoms with Gasteiger partial charge in [-0.05, 0) is 100 Å². The van der Waals surface area contributed by atoms with Crippen molar-refractivity contribution in [1.29, 1.82) is 0 Å². The summed E-state index contributed by atoms with van der Waals surface area (Å²) in [4.78, 5) is 26.8. The molecule has 5 nitrogen and oxygen atoms in total. The van der Waals surface area contributed by atoms with Crippen molar-refractivity contribution in [2.45, 2.75) is 71.3 Å². The van der Waals surface area contributed by atoms with E-state index in [0.29, 0.717) is 23.9 Å². The molecule has 5 heteroatoms. The Kier molecular flexibility index (Phi) is 5.51. The number of hydrogen-bond donors (Lipinski definition) is 0. The number of hydrogen-bond acceptors (Lipinski definition) is 4. The van der Waals surface area contributed by atoms with Crippen LogP contribution in [0.15, 0.2) is 53.1 Å². The Hall–Kier alpha value is -3.08. The van der Waals surface area contributed by atoms with Crippen molar-refractivity contribution in [2.24, 2.45) is 17.3 Å². The van der Waals surface area contributed by atoms with E-state index in [0.717, 1.165) is 36.4 Å². The van der Waals surface area contributed by atoms with E-state index in [4.69, 9.17) is 9.15 Å². The number of furan rings is 1. The third-order valence-corrected chi connectivity index (χ3v) is 9.26. The highest BCUT2D eigenvalue weighted by Crippen LogP contribution is 2.66. The molecule has 0 N–H and O–H groups in total. The predicted octanol–water partition coefficient (Wildman–Crippen LogP) is 6.32. The molecule has 0 aliphatic heterocycles. The van der Waals surface area contributed by atoms with Crippen molar-refractivity contribution >= 4 is 11.8 Å². The third kappa shape index (κ3) is 3.84. The minimum atomic E-state index is -0.453. The van der Waals surface area contributed by atoms with Crippen molar-refractivity contribution in [2.75, 3.05) is 6.61 Å². The molecule has 7 rings (SSSR count). The van der Waals surface area contributed by atoms with Crippen molar-refractivity contribution in [3.63, 3.8) is 0 Å². The molecule has 4 fully saturated rings. The fourth-order valence-electron chi connectivity index (χ4n) is 7.99. The van der Waals surface area contributed by atoms with E-state index < -0.39 is 5.41 Å². The van der Waals surface area contributed by atoms with Crippen LogP contribution >= 0.6 is 0 Å². The number of Topliss-reactive ketones (excluding diaryl/α,β-unsaturated/α-hetero) is 1. The van der Waals surface area contributed by atoms with Crippen LogP contribution in [0.1, 0.15) is 77.2 Å². The first-order valence-corrected chi connectivity index (χ1v) is 13.2. The van der Waals surface area contributed by atoms with Crippen LogP contribution in [0.5, 0.6) is 0 Å². The number of benzene rings is 1. The van der Waals surface area contributed by atoms with E-state index in [1.807, 2.05) is 32.0 Å². The van der Waals surface area contributed by atoms with E-state index in [2.05, 4.69) is 35.8 Å². The Morgan fingerprint density at radius 2 is 1.75 bits per heavy atom. The molecule has 2 aromatic heterocycles. The number of esters is 1. The van der Waals surface area contributed by atoms with Gasteiger partial charge in [-0.3, -0.25) is 9.59 Å². The summed E-state index contributed by atoms with van der Waals surface area (Å²) < 4.78 is 13.4. The van der Waals surface area contributed by atoms with Gasteiger partial charge in [0, 0.05) is 17.0 Å². The molecule has 3 aromatic rings. The smallest absolute Gasteiger partial charge is 0.312 e. The van der Waals surface area contributed by atoms with E-state index in [1.165, 1.54) is 30.4 Å². The number of ketones is 1. The normalized spacial score (nSPS) is 28.4. The first-order valence-electron chi connectivity index (χ1n) is 13.2. The van der Waals surface area contributed by atoms with Gasteiger partial charge < -0.3 is 13.7 Å². The molecule has 36 heavy (non-hydrogen) atoms. The van der Waals surface area contributed by atoms with Gasteiger partial charge in [0.1, 0.15) is 5.76 Å². The van der Waals surface area contributed by atoms with Gasteiger partial charge in [0.05, 0.1) is 18.2 Å². The van der Waals surface area contributed by atoms with Gasteiger partial charge in [-0.25, -0.2) is 0 Å². The lowest BCUT2D eigenvalue weighted by atomic mass is 9.43. The molecule has 4 atom stereocenters. The summed E-state index contributed by atoms with van der Waals surface area (Å²) in [6.45, 7) is 6.42. The van der Waals surface area contributed by atoms with Gasteiger partial charge in [0.15, 0.2) is 6.61 Å². The Morgan fingerprint density at radius 3 is 2.42 bits per heavy atom. The van der Waals surface area contributed by atoms with E-state index in [1.54, 1.807) is 6.26 Å². The predicted molar refractivity (Wildman–Crippen MR) is 137 cm³/mol. The van der Waals surface area contributed by atoms with Crippen LogP contribution < -0.4 is 0 Å². The Morgan fingerprint density at radius 1 is 1.03 bits per heavy atom. The van der Waals surface area contributed by atoms with Gasteiger partial charge in [-0.1, -0.05) is 29.8 Å². The fraction of sp³-hybridized carbons (Fsp3) is 0.484. The first kappa shape index (κ1) is 23.3. The van der Waals surface area contributed by atoms with Crippen LogP contribution in [0.2, 0.25) is 0 Å². The van der Waals surface area contributed by atoms with Crippen molar-refractivity contribution in [3.8, 4) is 0 Å². The molecule has 4 aliphatic carbocycles. The molecule has 0 spiro atoms. The fourth-order valence-corrected chi connectivity index (χ4v) is 7.99. The highest BCUT2D eigenvalue weighted by molar-refractivity contribution is 5.99. The van der Waals surface area contributed by atoms with Crippen molar-refractivity contribution in [3.05, 3.63) is 82.6 Å². The van der Waals surface area contributed by atoms with E-state index in [9.17, 15) is 9.59 Å². The van der Waals surface area contributed by atoms with Gasteiger partial charge >= 0.3 is 5.97 Å². The Bertz CT molecular complexity index is 1280. The monoisotopic (exact) mass is 485 g/mol. The van der Waals surface area contributed by atoms with Crippen molar-refractivity contribution < 1.29 is 18.7 Å². The highest BCUT2D eigenvalue weighted by Gasteiger charge is 2.61. The second-order valence-electron chi connectivity index (χ2n) is 11.8.